The van der Waals surface area contributed by atoms with Gasteiger partial charge in [0.15, 0.2) is 0 Å². The van der Waals surface area contributed by atoms with Crippen molar-refractivity contribution in [2.24, 2.45) is 0 Å². The Morgan fingerprint density at radius 3 is 2.31 bits per heavy atom. The van der Waals surface area contributed by atoms with Crippen molar-refractivity contribution in [3.05, 3.63) is 92.7 Å². The van der Waals surface area contributed by atoms with E-state index in [4.69, 9.17) is 0 Å². The Morgan fingerprint density at radius 1 is 0.923 bits per heavy atom. The third kappa shape index (κ3) is 4.91. The van der Waals surface area contributed by atoms with Crippen LogP contribution in [0.1, 0.15) is 15.2 Å². The number of benzene rings is 2. The molecule has 0 unspecified atom stereocenters. The van der Waals surface area contributed by atoms with Gasteiger partial charge in [-0.25, -0.2) is 0 Å². The summed E-state index contributed by atoms with van der Waals surface area (Å²) >= 11 is 4.85. The first kappa shape index (κ1) is 18.1. The Bertz CT molecular complexity index is 920. The Labute approximate surface area is 163 Å². The van der Waals surface area contributed by atoms with E-state index in [0.717, 1.165) is 9.35 Å². The second kappa shape index (κ2) is 8.60. The van der Waals surface area contributed by atoms with Crippen LogP contribution in [0.4, 0.5) is 5.69 Å². The van der Waals surface area contributed by atoms with Crippen molar-refractivity contribution < 1.29 is 9.59 Å². The molecule has 26 heavy (non-hydrogen) atoms. The van der Waals surface area contributed by atoms with Crippen molar-refractivity contribution >= 4 is 50.8 Å². The number of anilines is 1. The minimum Gasteiger partial charge on any atom is -0.321 e. The van der Waals surface area contributed by atoms with Gasteiger partial charge in [0.1, 0.15) is 5.70 Å². The molecule has 6 heteroatoms. The largest absolute Gasteiger partial charge is 0.321 e. The first-order valence-electron chi connectivity index (χ1n) is 7.80. The third-order valence-corrected chi connectivity index (χ3v) is 4.81. The van der Waals surface area contributed by atoms with Gasteiger partial charge >= 0.3 is 0 Å². The van der Waals surface area contributed by atoms with Crippen molar-refractivity contribution in [2.75, 3.05) is 5.32 Å². The SMILES string of the molecule is O=C(Nc1ccc(Br)cc1)C(=Cc1cccs1)NC(=O)c1ccccc1. The van der Waals surface area contributed by atoms with Crippen LogP contribution >= 0.6 is 27.3 Å². The molecule has 0 bridgehead atoms. The Morgan fingerprint density at radius 2 is 1.65 bits per heavy atom. The van der Waals surface area contributed by atoms with Gasteiger partial charge in [0.05, 0.1) is 0 Å². The summed E-state index contributed by atoms with van der Waals surface area (Å²) < 4.78 is 0.919. The van der Waals surface area contributed by atoms with Crippen LogP contribution < -0.4 is 10.6 Å². The molecule has 0 aliphatic rings. The van der Waals surface area contributed by atoms with Gasteiger partial charge in [0, 0.05) is 20.6 Å². The normalized spacial score (nSPS) is 11.0. The summed E-state index contributed by atoms with van der Waals surface area (Å²) in [7, 11) is 0. The molecule has 0 spiro atoms. The van der Waals surface area contributed by atoms with Crippen LogP contribution in [-0.4, -0.2) is 11.8 Å². The summed E-state index contributed by atoms with van der Waals surface area (Å²) in [5.74, 6) is -0.718. The smallest absolute Gasteiger partial charge is 0.272 e. The predicted molar refractivity (Wildman–Crippen MR) is 109 cm³/mol. The average Bonchev–Trinajstić information content (AvgIpc) is 3.17. The van der Waals surface area contributed by atoms with Crippen LogP contribution in [0.25, 0.3) is 6.08 Å². The summed E-state index contributed by atoms with van der Waals surface area (Å²) in [4.78, 5) is 26.0. The molecular weight excluding hydrogens is 412 g/mol. The van der Waals surface area contributed by atoms with Crippen LogP contribution in [-0.2, 0) is 4.79 Å². The van der Waals surface area contributed by atoms with E-state index >= 15 is 0 Å². The zero-order valence-electron chi connectivity index (χ0n) is 13.6. The zero-order valence-corrected chi connectivity index (χ0v) is 16.0. The van der Waals surface area contributed by atoms with Gasteiger partial charge in [0.2, 0.25) is 0 Å². The van der Waals surface area contributed by atoms with Gasteiger partial charge < -0.3 is 10.6 Å². The third-order valence-electron chi connectivity index (χ3n) is 3.46. The average molecular weight is 427 g/mol. The lowest BCUT2D eigenvalue weighted by molar-refractivity contribution is -0.113. The van der Waals surface area contributed by atoms with E-state index in [2.05, 4.69) is 26.6 Å². The van der Waals surface area contributed by atoms with Gasteiger partial charge in [0.25, 0.3) is 11.8 Å². The number of amides is 2. The Balaban J connectivity index is 1.82. The van der Waals surface area contributed by atoms with Gasteiger partial charge in [-0.05, 0) is 53.9 Å². The Hall–Kier alpha value is -2.70. The maximum absolute atomic E-state index is 12.7. The molecule has 1 heterocycles. The molecule has 4 nitrogen and oxygen atoms in total. The lowest BCUT2D eigenvalue weighted by Gasteiger charge is -2.11. The second-order valence-corrected chi connectivity index (χ2v) is 7.25. The lowest BCUT2D eigenvalue weighted by Crippen LogP contribution is -2.30. The van der Waals surface area contributed by atoms with Gasteiger partial charge in [-0.2, -0.15) is 0 Å². The number of carbonyl (C=O) groups is 2. The molecule has 2 N–H and O–H groups in total. The highest BCUT2D eigenvalue weighted by atomic mass is 79.9. The molecular formula is C20H15BrN2O2S. The van der Waals surface area contributed by atoms with Crippen molar-refractivity contribution in [3.63, 3.8) is 0 Å². The Kier molecular flexibility index (Phi) is 5.99. The second-order valence-electron chi connectivity index (χ2n) is 5.35. The van der Waals surface area contributed by atoms with Gasteiger partial charge in [-0.3, -0.25) is 9.59 Å². The summed E-state index contributed by atoms with van der Waals surface area (Å²) in [6.45, 7) is 0. The summed E-state index contributed by atoms with van der Waals surface area (Å²) in [5.41, 5.74) is 1.31. The van der Waals surface area contributed by atoms with Crippen LogP contribution in [0.5, 0.6) is 0 Å². The quantitative estimate of drug-likeness (QED) is 0.568. The van der Waals surface area contributed by atoms with Gasteiger partial charge in [-0.15, -0.1) is 11.3 Å². The molecule has 2 amide bonds. The molecule has 1 aromatic heterocycles. The first-order chi connectivity index (χ1) is 12.6. The van der Waals surface area contributed by atoms with E-state index in [-0.39, 0.29) is 17.5 Å². The standard InChI is InChI=1S/C20H15BrN2O2S/c21-15-8-10-16(11-9-15)22-20(25)18(13-17-7-4-12-26-17)23-19(24)14-5-2-1-3-6-14/h1-13H,(H,22,25)(H,23,24). The fourth-order valence-corrected chi connectivity index (χ4v) is 3.11. The van der Waals surface area contributed by atoms with E-state index < -0.39 is 0 Å². The zero-order chi connectivity index (χ0) is 18.4. The monoisotopic (exact) mass is 426 g/mol. The highest BCUT2D eigenvalue weighted by molar-refractivity contribution is 9.10. The molecule has 0 saturated heterocycles. The number of thiophene rings is 1. The molecule has 0 aliphatic carbocycles. The van der Waals surface area contributed by atoms with Crippen LogP contribution in [0.15, 0.2) is 82.3 Å². The fourth-order valence-electron chi connectivity index (χ4n) is 2.19. The molecule has 0 saturated carbocycles. The summed E-state index contributed by atoms with van der Waals surface area (Å²) in [5, 5.41) is 7.42. The van der Waals surface area contributed by atoms with Crippen LogP contribution in [0.2, 0.25) is 0 Å². The topological polar surface area (TPSA) is 58.2 Å². The number of carbonyl (C=O) groups excluding carboxylic acids is 2. The highest BCUT2D eigenvalue weighted by Crippen LogP contribution is 2.17. The summed E-state index contributed by atoms with van der Waals surface area (Å²) in [6, 6.07) is 19.8. The molecule has 0 atom stereocenters. The maximum Gasteiger partial charge on any atom is 0.272 e. The lowest BCUT2D eigenvalue weighted by atomic mass is 10.2. The number of halogens is 1. The molecule has 0 radical (unpaired) electrons. The van der Waals surface area contributed by atoms with Crippen molar-refractivity contribution in [2.45, 2.75) is 0 Å². The van der Waals surface area contributed by atoms with Crippen LogP contribution in [0.3, 0.4) is 0 Å². The molecule has 3 rings (SSSR count). The molecule has 130 valence electrons. The van der Waals surface area contributed by atoms with Crippen LogP contribution in [0, 0.1) is 0 Å². The number of rotatable bonds is 5. The first-order valence-corrected chi connectivity index (χ1v) is 9.47. The van der Waals surface area contributed by atoms with Crippen molar-refractivity contribution in [1.82, 2.24) is 5.32 Å². The number of hydrogen-bond donors (Lipinski definition) is 2. The highest BCUT2D eigenvalue weighted by Gasteiger charge is 2.15. The minimum atomic E-state index is -0.384. The van der Waals surface area contributed by atoms with Gasteiger partial charge in [-0.1, -0.05) is 40.2 Å². The van der Waals surface area contributed by atoms with Crippen molar-refractivity contribution in [1.29, 1.82) is 0 Å². The molecule has 3 aromatic rings. The van der Waals surface area contributed by atoms with E-state index in [0.29, 0.717) is 11.3 Å². The van der Waals surface area contributed by atoms with E-state index in [9.17, 15) is 9.59 Å². The van der Waals surface area contributed by atoms with Crippen molar-refractivity contribution in [3.8, 4) is 0 Å². The molecule has 0 aliphatic heterocycles. The van der Waals surface area contributed by atoms with E-state index in [1.165, 1.54) is 11.3 Å². The van der Waals surface area contributed by atoms with E-state index in [1.54, 1.807) is 42.5 Å². The number of hydrogen-bond acceptors (Lipinski definition) is 3. The summed E-state index contributed by atoms with van der Waals surface area (Å²) in [6.07, 6.45) is 1.67. The van der Waals surface area contributed by atoms with E-state index in [1.807, 2.05) is 35.7 Å². The minimum absolute atomic E-state index is 0.184. The molecule has 2 aromatic carbocycles. The number of nitrogens with one attached hydrogen (secondary N) is 2. The predicted octanol–water partition coefficient (Wildman–Crippen LogP) is 4.92. The maximum atomic E-state index is 12.7. The fraction of sp³-hybridized carbons (Fsp3) is 0. The molecule has 0 fully saturated rings.